The van der Waals surface area contributed by atoms with Crippen LogP contribution in [0.3, 0.4) is 0 Å². The smallest absolute Gasteiger partial charge is 0.414 e. The van der Waals surface area contributed by atoms with Crippen LogP contribution in [-0.2, 0) is 23.9 Å². The van der Waals surface area contributed by atoms with Crippen LogP contribution in [0, 0.1) is 5.41 Å². The first-order chi connectivity index (χ1) is 22.6. The van der Waals surface area contributed by atoms with Crippen LogP contribution in [0.1, 0.15) is 52.8 Å². The first-order valence-corrected chi connectivity index (χ1v) is 15.3. The number of fused-ring (bicyclic) bond motifs is 1. The third-order valence-electron chi connectivity index (χ3n) is 7.23. The van der Waals surface area contributed by atoms with E-state index in [1.165, 1.54) is 16.7 Å². The third-order valence-corrected chi connectivity index (χ3v) is 7.23. The van der Waals surface area contributed by atoms with E-state index >= 15 is 0 Å². The lowest BCUT2D eigenvalue weighted by Gasteiger charge is -2.29. The van der Waals surface area contributed by atoms with E-state index < -0.39 is 41.2 Å². The number of carbonyl (C=O) groups is 5. The molecule has 2 aromatic carbocycles. The predicted molar refractivity (Wildman–Crippen MR) is 181 cm³/mol. The molecule has 2 N–H and O–H groups in total. The van der Waals surface area contributed by atoms with Gasteiger partial charge in [0, 0.05) is 37.1 Å². The molecule has 1 unspecified atom stereocenters. The summed E-state index contributed by atoms with van der Waals surface area (Å²) in [6.45, 7) is 9.23. The number of pyridine rings is 1. The number of hydrogen-bond acceptors (Lipinski definition) is 9. The van der Waals surface area contributed by atoms with Crippen molar-refractivity contribution in [1.82, 2.24) is 10.3 Å². The zero-order chi connectivity index (χ0) is 35.2. The average Bonchev–Trinajstić information content (AvgIpc) is 3.14. The van der Waals surface area contributed by atoms with Crippen LogP contribution in [0.4, 0.5) is 26.7 Å². The molecular formula is C35H40N6O7. The molecule has 0 saturated heterocycles. The number of esters is 1. The highest BCUT2D eigenvalue weighted by molar-refractivity contribution is 6.20. The summed E-state index contributed by atoms with van der Waals surface area (Å²) in [5.74, 6) is -1.57. The molecule has 4 amide bonds. The number of para-hydroxylation sites is 1. The van der Waals surface area contributed by atoms with Gasteiger partial charge in [-0.15, -0.1) is 0 Å². The summed E-state index contributed by atoms with van der Waals surface area (Å²) in [5, 5.41) is 5.33. The number of hydrogen-bond donors (Lipinski definition) is 2. The Labute approximate surface area is 279 Å². The second-order valence-electron chi connectivity index (χ2n) is 12.8. The van der Waals surface area contributed by atoms with E-state index in [1.54, 1.807) is 115 Å². The third kappa shape index (κ3) is 8.81. The average molecular weight is 657 g/mol. The quantitative estimate of drug-likeness (QED) is 0.306. The molecule has 0 radical (unpaired) electrons. The van der Waals surface area contributed by atoms with E-state index in [0.717, 1.165) is 0 Å². The minimum atomic E-state index is -1.47. The highest BCUT2D eigenvalue weighted by Crippen LogP contribution is 2.29. The van der Waals surface area contributed by atoms with Crippen molar-refractivity contribution in [2.75, 3.05) is 35.3 Å². The van der Waals surface area contributed by atoms with E-state index in [9.17, 15) is 24.0 Å². The van der Waals surface area contributed by atoms with Crippen LogP contribution in [0.5, 0.6) is 0 Å². The molecule has 13 nitrogen and oxygen atoms in total. The molecule has 1 aliphatic rings. The summed E-state index contributed by atoms with van der Waals surface area (Å²) >= 11 is 0. The topological polar surface area (TPSA) is 160 Å². The van der Waals surface area contributed by atoms with Crippen molar-refractivity contribution in [2.24, 2.45) is 10.4 Å². The Kier molecular flexibility index (Phi) is 10.6. The van der Waals surface area contributed by atoms with Gasteiger partial charge in [0.05, 0.1) is 29.1 Å². The number of benzene rings is 2. The van der Waals surface area contributed by atoms with E-state index in [1.807, 2.05) is 0 Å². The van der Waals surface area contributed by atoms with Gasteiger partial charge in [0.25, 0.3) is 5.91 Å². The predicted octanol–water partition coefficient (Wildman–Crippen LogP) is 4.94. The number of benzodiazepines with no additional fused rings is 1. The lowest BCUT2D eigenvalue weighted by molar-refractivity contribution is -0.146. The van der Waals surface area contributed by atoms with Crippen LogP contribution in [0.2, 0.25) is 0 Å². The number of amides is 4. The Morgan fingerprint density at radius 3 is 2.33 bits per heavy atom. The molecule has 1 atom stereocenters. The van der Waals surface area contributed by atoms with Gasteiger partial charge in [-0.1, -0.05) is 30.3 Å². The van der Waals surface area contributed by atoms with Crippen molar-refractivity contribution < 1.29 is 33.4 Å². The number of ketones is 1. The SMILES string of the molecule is CC(=O)OCC(C)(C)C(=O)CN1C(=O)C(NC(=O)Nc2cccc(N(C)C(=O)OC(C)(C)C)c2)N=C(c2ccccn2)c2ccccc21. The fourth-order valence-electron chi connectivity index (χ4n) is 4.63. The van der Waals surface area contributed by atoms with Gasteiger partial charge < -0.3 is 25.0 Å². The largest absolute Gasteiger partial charge is 0.465 e. The second-order valence-corrected chi connectivity index (χ2v) is 12.8. The van der Waals surface area contributed by atoms with Gasteiger partial charge in [0.1, 0.15) is 12.2 Å². The van der Waals surface area contributed by atoms with E-state index in [0.29, 0.717) is 34.0 Å². The van der Waals surface area contributed by atoms with Crippen molar-refractivity contribution in [2.45, 2.75) is 53.3 Å². The van der Waals surface area contributed by atoms with Crippen molar-refractivity contribution in [1.29, 1.82) is 0 Å². The van der Waals surface area contributed by atoms with Crippen LogP contribution < -0.4 is 20.4 Å². The maximum absolute atomic E-state index is 14.2. The van der Waals surface area contributed by atoms with E-state index in [4.69, 9.17) is 9.47 Å². The lowest BCUT2D eigenvalue weighted by Crippen LogP contribution is -2.51. The monoisotopic (exact) mass is 656 g/mol. The zero-order valence-corrected chi connectivity index (χ0v) is 28.1. The number of aromatic nitrogens is 1. The van der Waals surface area contributed by atoms with Crippen molar-refractivity contribution >= 4 is 52.6 Å². The van der Waals surface area contributed by atoms with Crippen LogP contribution in [0.25, 0.3) is 0 Å². The van der Waals surface area contributed by atoms with Gasteiger partial charge in [0.15, 0.2) is 5.78 Å². The molecule has 1 aromatic heterocycles. The Morgan fingerprint density at radius 2 is 1.67 bits per heavy atom. The maximum atomic E-state index is 14.2. The number of Topliss-reactive ketones (excluding diaryl/α,β-unsaturated/α-hetero) is 1. The van der Waals surface area contributed by atoms with Gasteiger partial charge in [-0.2, -0.15) is 0 Å². The summed E-state index contributed by atoms with van der Waals surface area (Å²) < 4.78 is 10.5. The summed E-state index contributed by atoms with van der Waals surface area (Å²) in [4.78, 5) is 76.9. The molecule has 252 valence electrons. The van der Waals surface area contributed by atoms with Crippen LogP contribution in [0.15, 0.2) is 77.9 Å². The summed E-state index contributed by atoms with van der Waals surface area (Å²) in [6, 6.07) is 18.0. The number of rotatable bonds is 9. The Morgan fingerprint density at radius 1 is 0.958 bits per heavy atom. The van der Waals surface area contributed by atoms with Crippen LogP contribution >= 0.6 is 0 Å². The first-order valence-electron chi connectivity index (χ1n) is 15.3. The highest BCUT2D eigenvalue weighted by Gasteiger charge is 2.38. The number of carbonyl (C=O) groups excluding carboxylic acids is 5. The molecule has 0 aliphatic carbocycles. The Balaban J connectivity index is 1.65. The first kappa shape index (κ1) is 35.3. The molecule has 1 aliphatic heterocycles. The maximum Gasteiger partial charge on any atom is 0.414 e. The molecular weight excluding hydrogens is 616 g/mol. The number of ether oxygens (including phenoxy) is 2. The molecule has 4 rings (SSSR count). The molecule has 0 spiro atoms. The van der Waals surface area contributed by atoms with Crippen molar-refractivity contribution in [3.63, 3.8) is 0 Å². The highest BCUT2D eigenvalue weighted by atomic mass is 16.6. The lowest BCUT2D eigenvalue weighted by atomic mass is 9.88. The van der Waals surface area contributed by atoms with Crippen LogP contribution in [-0.4, -0.2) is 72.4 Å². The number of nitrogens with one attached hydrogen (secondary N) is 2. The molecule has 0 fully saturated rings. The Hall–Kier alpha value is -5.59. The molecule has 2 heterocycles. The fraction of sp³-hybridized carbons (Fsp3) is 0.343. The fourth-order valence-corrected chi connectivity index (χ4v) is 4.63. The van der Waals surface area contributed by atoms with Gasteiger partial charge >= 0.3 is 18.1 Å². The summed E-state index contributed by atoms with van der Waals surface area (Å²) in [5.41, 5.74) is 0.680. The normalized spacial score (nSPS) is 14.6. The number of nitrogens with zero attached hydrogens (tertiary/aromatic N) is 4. The summed E-state index contributed by atoms with van der Waals surface area (Å²) in [7, 11) is 1.55. The van der Waals surface area contributed by atoms with Gasteiger partial charge in [-0.3, -0.25) is 24.3 Å². The van der Waals surface area contributed by atoms with E-state index in [2.05, 4.69) is 20.6 Å². The van der Waals surface area contributed by atoms with Crippen molar-refractivity contribution in [3.05, 3.63) is 84.2 Å². The van der Waals surface area contributed by atoms with Gasteiger partial charge in [0.2, 0.25) is 6.17 Å². The number of anilines is 3. The molecule has 0 bridgehead atoms. The van der Waals surface area contributed by atoms with Crippen molar-refractivity contribution in [3.8, 4) is 0 Å². The number of urea groups is 1. The minimum Gasteiger partial charge on any atom is -0.465 e. The van der Waals surface area contributed by atoms with Gasteiger partial charge in [-0.25, -0.2) is 14.6 Å². The molecule has 13 heteroatoms. The second kappa shape index (κ2) is 14.4. The molecule has 0 saturated carbocycles. The van der Waals surface area contributed by atoms with E-state index in [-0.39, 0.29) is 18.9 Å². The Bertz CT molecular complexity index is 1730. The number of aliphatic imine (C=N–C) groups is 1. The minimum absolute atomic E-state index is 0.174. The zero-order valence-electron chi connectivity index (χ0n) is 28.1. The van der Waals surface area contributed by atoms with Gasteiger partial charge in [-0.05, 0) is 71.0 Å². The summed E-state index contributed by atoms with van der Waals surface area (Å²) in [6.07, 6.45) is -0.455. The molecule has 3 aromatic rings. The molecule has 48 heavy (non-hydrogen) atoms. The standard InChI is InChI=1S/C35H40N6O7/c1-22(42)47-21-35(5,6)28(43)20-41-27-17-9-8-15-25(27)29(26-16-10-11-18-36-26)38-30(31(41)44)39-32(45)37-23-13-12-14-24(19-23)40(7)33(46)48-34(2,3)4/h8-19,30H,20-21H2,1-7H3,(H2,37,39,45).